The van der Waals surface area contributed by atoms with Crippen LogP contribution in [0.1, 0.15) is 43.3 Å². The molecule has 2 heterocycles. The van der Waals surface area contributed by atoms with Crippen LogP contribution in [-0.4, -0.2) is 19.9 Å². The second kappa shape index (κ2) is 6.74. The summed E-state index contributed by atoms with van der Waals surface area (Å²) in [5.74, 6) is -0.261. The lowest BCUT2D eigenvalue weighted by Gasteiger charge is -2.35. The number of benzene rings is 1. The molecule has 4 nitrogen and oxygen atoms in total. The van der Waals surface area contributed by atoms with E-state index in [4.69, 9.17) is 0 Å². The Morgan fingerprint density at radius 1 is 1.22 bits per heavy atom. The van der Waals surface area contributed by atoms with E-state index in [-0.39, 0.29) is 11.2 Å². The zero-order valence-corrected chi connectivity index (χ0v) is 15.4. The number of aliphatic hydroxyl groups excluding tert-OH is 1. The molecular formula is C22H22FN3O. The molecule has 1 aliphatic rings. The van der Waals surface area contributed by atoms with E-state index in [1.165, 1.54) is 17.7 Å². The van der Waals surface area contributed by atoms with Gasteiger partial charge in [0.2, 0.25) is 0 Å². The fraction of sp³-hybridized carbons (Fsp3) is 0.273. The van der Waals surface area contributed by atoms with Gasteiger partial charge in [-0.05, 0) is 73.2 Å². The molecule has 0 radical (unpaired) electrons. The first kappa shape index (κ1) is 17.6. The average Bonchev–Trinajstić information content (AvgIpc) is 3.05. The molecule has 0 bridgehead atoms. The van der Waals surface area contributed by atoms with Gasteiger partial charge in [0.05, 0.1) is 29.4 Å². The van der Waals surface area contributed by atoms with Gasteiger partial charge in [-0.1, -0.05) is 18.6 Å². The van der Waals surface area contributed by atoms with E-state index >= 15 is 0 Å². The Labute approximate surface area is 158 Å². The second-order valence-corrected chi connectivity index (χ2v) is 7.48. The van der Waals surface area contributed by atoms with E-state index in [9.17, 15) is 9.50 Å². The lowest BCUT2D eigenvalue weighted by Crippen LogP contribution is -2.27. The quantitative estimate of drug-likeness (QED) is 0.743. The third-order valence-electron chi connectivity index (χ3n) is 5.52. The maximum Gasteiger partial charge on any atom is 0.123 e. The monoisotopic (exact) mass is 363 g/mol. The summed E-state index contributed by atoms with van der Waals surface area (Å²) in [6.07, 6.45) is 6.46. The number of rotatable bonds is 4. The normalized spacial score (nSPS) is 20.1. The van der Waals surface area contributed by atoms with Crippen LogP contribution in [-0.2, 0) is 6.42 Å². The highest BCUT2D eigenvalue weighted by Crippen LogP contribution is 2.44. The first-order valence-corrected chi connectivity index (χ1v) is 9.07. The summed E-state index contributed by atoms with van der Waals surface area (Å²) >= 11 is 0. The number of halogens is 1. The van der Waals surface area contributed by atoms with E-state index in [0.717, 1.165) is 23.4 Å². The summed E-state index contributed by atoms with van der Waals surface area (Å²) in [5.41, 5.74) is 4.68. The molecule has 1 N–H and O–H groups in total. The number of pyridine rings is 1. The van der Waals surface area contributed by atoms with Crippen LogP contribution in [0.4, 0.5) is 4.39 Å². The van der Waals surface area contributed by atoms with Crippen molar-refractivity contribution in [2.24, 2.45) is 5.41 Å². The van der Waals surface area contributed by atoms with Gasteiger partial charge in [0.15, 0.2) is 0 Å². The van der Waals surface area contributed by atoms with E-state index < -0.39 is 6.10 Å². The number of allylic oxidation sites excluding steroid dienone is 1. The average molecular weight is 363 g/mol. The van der Waals surface area contributed by atoms with Gasteiger partial charge >= 0.3 is 0 Å². The molecule has 3 aromatic rings. The van der Waals surface area contributed by atoms with Crippen LogP contribution in [0.3, 0.4) is 0 Å². The predicted molar refractivity (Wildman–Crippen MR) is 103 cm³/mol. The molecule has 0 saturated heterocycles. The molecule has 0 amide bonds. The summed E-state index contributed by atoms with van der Waals surface area (Å²) in [5, 5.41) is 15.2. The minimum Gasteiger partial charge on any atom is -0.387 e. The summed E-state index contributed by atoms with van der Waals surface area (Å²) in [6.45, 7) is 4.26. The minimum absolute atomic E-state index is 0.180. The van der Waals surface area contributed by atoms with Crippen molar-refractivity contribution in [1.29, 1.82) is 0 Å². The molecule has 1 aromatic carbocycles. The van der Waals surface area contributed by atoms with E-state index in [1.54, 1.807) is 18.3 Å². The number of hydrogen-bond acceptors (Lipinski definition) is 3. The van der Waals surface area contributed by atoms with Crippen LogP contribution >= 0.6 is 0 Å². The third kappa shape index (κ3) is 3.30. The lowest BCUT2D eigenvalue weighted by atomic mass is 9.70. The molecule has 1 unspecified atom stereocenters. The zero-order chi connectivity index (χ0) is 19.0. The maximum absolute atomic E-state index is 13.2. The molecule has 2 atom stereocenters. The van der Waals surface area contributed by atoms with Crippen molar-refractivity contribution in [1.82, 2.24) is 14.8 Å². The summed E-state index contributed by atoms with van der Waals surface area (Å²) in [6, 6.07) is 11.9. The van der Waals surface area contributed by atoms with Crippen LogP contribution in [0.15, 0.2) is 60.4 Å². The summed E-state index contributed by atoms with van der Waals surface area (Å²) in [7, 11) is 0. The SMILES string of the molecule is CC1=Cc2c(cnn2-c2ccc(F)cc2)C[C@@]1(C)CC(O)c1ccccn1. The molecule has 4 rings (SSSR count). The van der Waals surface area contributed by atoms with Crippen molar-refractivity contribution >= 4 is 6.08 Å². The van der Waals surface area contributed by atoms with Gasteiger partial charge in [-0.3, -0.25) is 4.98 Å². The smallest absolute Gasteiger partial charge is 0.123 e. The molecule has 1 aliphatic carbocycles. The number of fused-ring (bicyclic) bond motifs is 1. The van der Waals surface area contributed by atoms with Gasteiger partial charge in [0, 0.05) is 6.20 Å². The van der Waals surface area contributed by atoms with Crippen molar-refractivity contribution in [3.63, 3.8) is 0 Å². The van der Waals surface area contributed by atoms with Crippen molar-refractivity contribution in [2.75, 3.05) is 0 Å². The molecule has 0 fully saturated rings. The number of nitrogens with zero attached hydrogens (tertiary/aromatic N) is 3. The Bertz CT molecular complexity index is 979. The first-order valence-electron chi connectivity index (χ1n) is 9.07. The summed E-state index contributed by atoms with van der Waals surface area (Å²) in [4.78, 5) is 4.28. The van der Waals surface area contributed by atoms with Crippen LogP contribution in [0, 0.1) is 11.2 Å². The summed E-state index contributed by atoms with van der Waals surface area (Å²) < 4.78 is 15.1. The van der Waals surface area contributed by atoms with Crippen molar-refractivity contribution in [3.05, 3.63) is 83.2 Å². The first-order chi connectivity index (χ1) is 13.0. The van der Waals surface area contributed by atoms with E-state index in [2.05, 4.69) is 30.0 Å². The molecule has 0 aliphatic heterocycles. The van der Waals surface area contributed by atoms with Gasteiger partial charge in [0.1, 0.15) is 5.82 Å². The van der Waals surface area contributed by atoms with Gasteiger partial charge in [-0.2, -0.15) is 5.10 Å². The Hall–Kier alpha value is -2.79. The van der Waals surface area contributed by atoms with Crippen LogP contribution in [0.5, 0.6) is 0 Å². The molecule has 0 spiro atoms. The molecule has 2 aromatic heterocycles. The maximum atomic E-state index is 13.2. The predicted octanol–water partition coefficient (Wildman–Crippen LogP) is 4.50. The Balaban J connectivity index is 1.63. The zero-order valence-electron chi connectivity index (χ0n) is 15.4. The molecule has 0 saturated carbocycles. The molecule has 138 valence electrons. The topological polar surface area (TPSA) is 50.9 Å². The minimum atomic E-state index is -0.617. The van der Waals surface area contributed by atoms with E-state index in [0.29, 0.717) is 12.1 Å². The van der Waals surface area contributed by atoms with Crippen molar-refractivity contribution < 1.29 is 9.50 Å². The molecule has 27 heavy (non-hydrogen) atoms. The Morgan fingerprint density at radius 2 is 2.00 bits per heavy atom. The number of hydrogen-bond donors (Lipinski definition) is 1. The van der Waals surface area contributed by atoms with Gasteiger partial charge < -0.3 is 5.11 Å². The van der Waals surface area contributed by atoms with Gasteiger partial charge in [-0.25, -0.2) is 9.07 Å². The third-order valence-corrected chi connectivity index (χ3v) is 5.52. The molecule has 5 heteroatoms. The van der Waals surface area contributed by atoms with Crippen LogP contribution < -0.4 is 0 Å². The fourth-order valence-electron chi connectivity index (χ4n) is 3.75. The highest BCUT2D eigenvalue weighted by Gasteiger charge is 2.35. The highest BCUT2D eigenvalue weighted by molar-refractivity contribution is 5.60. The van der Waals surface area contributed by atoms with Crippen molar-refractivity contribution in [3.8, 4) is 5.69 Å². The van der Waals surface area contributed by atoms with Crippen molar-refractivity contribution in [2.45, 2.75) is 32.8 Å². The van der Waals surface area contributed by atoms with Crippen LogP contribution in [0.25, 0.3) is 11.8 Å². The Morgan fingerprint density at radius 3 is 2.70 bits per heavy atom. The van der Waals surface area contributed by atoms with Gasteiger partial charge in [-0.15, -0.1) is 0 Å². The van der Waals surface area contributed by atoms with Crippen LogP contribution in [0.2, 0.25) is 0 Å². The lowest BCUT2D eigenvalue weighted by molar-refractivity contribution is 0.117. The second-order valence-electron chi connectivity index (χ2n) is 7.48. The largest absolute Gasteiger partial charge is 0.387 e. The fourth-order valence-corrected chi connectivity index (χ4v) is 3.75. The molecular weight excluding hydrogens is 341 g/mol. The Kier molecular flexibility index (Phi) is 4.40. The number of aromatic nitrogens is 3. The van der Waals surface area contributed by atoms with E-state index in [1.807, 2.05) is 29.1 Å². The number of aliphatic hydroxyl groups is 1. The highest BCUT2D eigenvalue weighted by atomic mass is 19.1. The van der Waals surface area contributed by atoms with Gasteiger partial charge in [0.25, 0.3) is 0 Å². The standard InChI is InChI=1S/C22H22FN3O/c1-15-11-20-16(14-25-26(20)18-8-6-17(23)7-9-18)12-22(15,2)13-21(27)19-5-3-4-10-24-19/h3-11,14,21,27H,12-13H2,1-2H3/t21?,22-/m0/s1.